The van der Waals surface area contributed by atoms with Crippen molar-refractivity contribution in [1.82, 2.24) is 10.2 Å². The molecule has 2 aromatic carbocycles. The molecule has 31 heavy (non-hydrogen) atoms. The second kappa shape index (κ2) is 10.6. The van der Waals surface area contributed by atoms with E-state index in [2.05, 4.69) is 5.32 Å². The van der Waals surface area contributed by atoms with Gasteiger partial charge in [0.05, 0.1) is 19.7 Å². The molecule has 0 aliphatic heterocycles. The van der Waals surface area contributed by atoms with Gasteiger partial charge in [0.15, 0.2) is 0 Å². The normalized spacial score (nSPS) is 11.0. The average Bonchev–Trinajstić information content (AvgIpc) is 3.16. The molecule has 6 nitrogen and oxygen atoms in total. The highest BCUT2D eigenvalue weighted by molar-refractivity contribution is 5.90. The van der Waals surface area contributed by atoms with Gasteiger partial charge in [-0.05, 0) is 31.2 Å². The molecule has 0 unspecified atom stereocenters. The largest absolute Gasteiger partial charge is 0.465 e. The van der Waals surface area contributed by atoms with Crippen LogP contribution >= 0.6 is 0 Å². The van der Waals surface area contributed by atoms with Crippen LogP contribution in [0.25, 0.3) is 0 Å². The van der Waals surface area contributed by atoms with E-state index in [4.69, 9.17) is 9.15 Å². The molecule has 0 fully saturated rings. The standard InChI is InChI=1S/C25H28N2O4/c1-18-22(25(29)30-3)16-21(31-18)17-27(2)15-14-23(28)26-24(19-10-6-4-7-11-19)20-12-8-5-9-13-20/h4-13,16,24H,14-15,17H2,1-3H3,(H,26,28). The van der Waals surface area contributed by atoms with E-state index in [0.29, 0.717) is 36.6 Å². The number of hydrogen-bond donors (Lipinski definition) is 1. The minimum absolute atomic E-state index is 0.0320. The van der Waals surface area contributed by atoms with Crippen molar-refractivity contribution in [3.05, 3.63) is 94.9 Å². The van der Waals surface area contributed by atoms with Crippen LogP contribution in [-0.2, 0) is 16.1 Å². The van der Waals surface area contributed by atoms with Crippen LogP contribution < -0.4 is 5.32 Å². The number of furan rings is 1. The van der Waals surface area contributed by atoms with Crippen LogP contribution in [0.4, 0.5) is 0 Å². The van der Waals surface area contributed by atoms with Crippen LogP contribution in [0.2, 0.25) is 0 Å². The van der Waals surface area contributed by atoms with E-state index in [1.165, 1.54) is 7.11 Å². The molecule has 1 amide bonds. The van der Waals surface area contributed by atoms with Crippen molar-refractivity contribution in [2.24, 2.45) is 0 Å². The third-order valence-electron chi connectivity index (χ3n) is 5.09. The van der Waals surface area contributed by atoms with Gasteiger partial charge in [0.25, 0.3) is 0 Å². The Morgan fingerprint density at radius 1 is 1.03 bits per heavy atom. The molecule has 1 aromatic heterocycles. The third-order valence-corrected chi connectivity index (χ3v) is 5.09. The molecule has 3 rings (SSSR count). The number of amides is 1. The summed E-state index contributed by atoms with van der Waals surface area (Å²) < 4.78 is 10.4. The molecule has 6 heteroatoms. The summed E-state index contributed by atoms with van der Waals surface area (Å²) in [5.41, 5.74) is 2.51. The number of hydrogen-bond acceptors (Lipinski definition) is 5. The van der Waals surface area contributed by atoms with Crippen molar-refractivity contribution < 1.29 is 18.7 Å². The van der Waals surface area contributed by atoms with Crippen molar-refractivity contribution in [1.29, 1.82) is 0 Å². The van der Waals surface area contributed by atoms with Gasteiger partial charge in [0.2, 0.25) is 5.91 Å². The number of ether oxygens (including phenoxy) is 1. The zero-order chi connectivity index (χ0) is 22.2. The second-order valence-electron chi connectivity index (χ2n) is 7.48. The first-order chi connectivity index (χ1) is 15.0. The lowest BCUT2D eigenvalue weighted by Crippen LogP contribution is -2.32. The predicted octanol–water partition coefficient (Wildman–Crippen LogP) is 4.10. The molecule has 0 atom stereocenters. The SMILES string of the molecule is COC(=O)c1cc(CN(C)CCC(=O)NC(c2ccccc2)c2ccccc2)oc1C. The van der Waals surface area contributed by atoms with E-state index in [0.717, 1.165) is 11.1 Å². The molecule has 3 aromatic rings. The quantitative estimate of drug-likeness (QED) is 0.528. The van der Waals surface area contributed by atoms with Gasteiger partial charge >= 0.3 is 5.97 Å². The van der Waals surface area contributed by atoms with Crippen molar-refractivity contribution in [3.63, 3.8) is 0 Å². The van der Waals surface area contributed by atoms with E-state index in [1.54, 1.807) is 13.0 Å². The molecule has 0 saturated heterocycles. The number of aryl methyl sites for hydroxylation is 1. The number of nitrogens with zero attached hydrogens (tertiary/aromatic N) is 1. The fourth-order valence-electron chi connectivity index (χ4n) is 3.45. The second-order valence-corrected chi connectivity index (χ2v) is 7.48. The highest BCUT2D eigenvalue weighted by atomic mass is 16.5. The Hall–Kier alpha value is -3.38. The van der Waals surface area contributed by atoms with E-state index in [-0.39, 0.29) is 11.9 Å². The van der Waals surface area contributed by atoms with Crippen molar-refractivity contribution >= 4 is 11.9 Å². The van der Waals surface area contributed by atoms with Crippen LogP contribution in [0.5, 0.6) is 0 Å². The van der Waals surface area contributed by atoms with Gasteiger partial charge in [-0.15, -0.1) is 0 Å². The molecule has 162 valence electrons. The number of rotatable bonds is 9. The maximum absolute atomic E-state index is 12.7. The zero-order valence-electron chi connectivity index (χ0n) is 18.1. The van der Waals surface area contributed by atoms with E-state index < -0.39 is 5.97 Å². The van der Waals surface area contributed by atoms with Crippen LogP contribution in [0, 0.1) is 6.92 Å². The van der Waals surface area contributed by atoms with Gasteiger partial charge in [-0.3, -0.25) is 9.69 Å². The molecule has 0 radical (unpaired) electrons. The monoisotopic (exact) mass is 420 g/mol. The lowest BCUT2D eigenvalue weighted by molar-refractivity contribution is -0.121. The Bertz CT molecular complexity index is 959. The summed E-state index contributed by atoms with van der Waals surface area (Å²) in [5, 5.41) is 3.15. The summed E-state index contributed by atoms with van der Waals surface area (Å²) in [6.07, 6.45) is 0.343. The van der Waals surface area contributed by atoms with Crippen LogP contribution in [-0.4, -0.2) is 37.5 Å². The van der Waals surface area contributed by atoms with Crippen LogP contribution in [0.3, 0.4) is 0 Å². The van der Waals surface area contributed by atoms with Gasteiger partial charge in [-0.1, -0.05) is 60.7 Å². The summed E-state index contributed by atoms with van der Waals surface area (Å²) >= 11 is 0. The Morgan fingerprint density at radius 2 is 1.61 bits per heavy atom. The first kappa shape index (κ1) is 22.3. The number of carbonyl (C=O) groups is 2. The molecule has 1 N–H and O–H groups in total. The molecule has 0 saturated carbocycles. The maximum Gasteiger partial charge on any atom is 0.341 e. The summed E-state index contributed by atoms with van der Waals surface area (Å²) in [7, 11) is 3.26. The first-order valence-electron chi connectivity index (χ1n) is 10.2. The minimum Gasteiger partial charge on any atom is -0.465 e. The summed E-state index contributed by atoms with van der Waals surface area (Å²) in [4.78, 5) is 26.4. The zero-order valence-corrected chi connectivity index (χ0v) is 18.1. The van der Waals surface area contributed by atoms with Crippen molar-refractivity contribution in [3.8, 4) is 0 Å². The number of methoxy groups -OCH3 is 1. The lowest BCUT2D eigenvalue weighted by atomic mass is 9.98. The topological polar surface area (TPSA) is 71.8 Å². The van der Waals surface area contributed by atoms with Gasteiger partial charge in [-0.2, -0.15) is 0 Å². The first-order valence-corrected chi connectivity index (χ1v) is 10.2. The number of esters is 1. The van der Waals surface area contributed by atoms with Crippen LogP contribution in [0.15, 0.2) is 71.1 Å². The fourth-order valence-corrected chi connectivity index (χ4v) is 3.45. The smallest absolute Gasteiger partial charge is 0.341 e. The molecule has 0 aliphatic carbocycles. The molecular weight excluding hydrogens is 392 g/mol. The van der Waals surface area contributed by atoms with Gasteiger partial charge in [0, 0.05) is 13.0 Å². The lowest BCUT2D eigenvalue weighted by Gasteiger charge is -2.21. The molecule has 0 spiro atoms. The molecular formula is C25H28N2O4. The summed E-state index contributed by atoms with van der Waals surface area (Å²) in [6.45, 7) is 2.78. The fraction of sp³-hybridized carbons (Fsp3) is 0.280. The van der Waals surface area contributed by atoms with E-state index >= 15 is 0 Å². The van der Waals surface area contributed by atoms with E-state index in [1.807, 2.05) is 72.6 Å². The Morgan fingerprint density at radius 3 is 2.16 bits per heavy atom. The van der Waals surface area contributed by atoms with Gasteiger partial charge in [-0.25, -0.2) is 4.79 Å². The summed E-state index contributed by atoms with van der Waals surface area (Å²) in [5.74, 6) is 0.742. The van der Waals surface area contributed by atoms with E-state index in [9.17, 15) is 9.59 Å². The highest BCUT2D eigenvalue weighted by Crippen LogP contribution is 2.22. The Kier molecular flexibility index (Phi) is 7.62. The predicted molar refractivity (Wildman–Crippen MR) is 119 cm³/mol. The number of nitrogens with one attached hydrogen (secondary N) is 1. The van der Waals surface area contributed by atoms with Gasteiger partial charge in [0.1, 0.15) is 17.1 Å². The molecule has 0 bridgehead atoms. The summed E-state index contributed by atoms with van der Waals surface area (Å²) in [6, 6.07) is 21.4. The molecule has 1 heterocycles. The van der Waals surface area contributed by atoms with Gasteiger partial charge < -0.3 is 14.5 Å². The third kappa shape index (κ3) is 6.06. The van der Waals surface area contributed by atoms with Crippen molar-refractivity contribution in [2.75, 3.05) is 20.7 Å². The average molecular weight is 421 g/mol. The number of carbonyl (C=O) groups excluding carboxylic acids is 2. The van der Waals surface area contributed by atoms with Crippen LogP contribution in [0.1, 0.15) is 45.5 Å². The Labute approximate surface area is 182 Å². The Balaban J connectivity index is 1.58. The number of benzene rings is 2. The van der Waals surface area contributed by atoms with Crippen molar-refractivity contribution in [2.45, 2.75) is 25.9 Å². The minimum atomic E-state index is -0.414. The maximum atomic E-state index is 12.7. The highest BCUT2D eigenvalue weighted by Gasteiger charge is 2.18. The molecule has 0 aliphatic rings.